The molecule has 0 aromatic heterocycles. The zero-order valence-electron chi connectivity index (χ0n) is 10.9. The fourth-order valence-corrected chi connectivity index (χ4v) is 5.37. The Kier molecular flexibility index (Phi) is 4.75. The molecule has 0 N–H and O–H groups in total. The lowest BCUT2D eigenvalue weighted by atomic mass is 10.3. The van der Waals surface area contributed by atoms with Crippen LogP contribution in [0.15, 0.2) is 32.0 Å². The minimum absolute atomic E-state index is 0.0267. The number of benzene rings is 1. The van der Waals surface area contributed by atoms with Crippen LogP contribution in [0, 0.1) is 5.92 Å². The lowest BCUT2D eigenvalue weighted by molar-refractivity contribution is 0.341. The summed E-state index contributed by atoms with van der Waals surface area (Å²) in [6, 6.07) is 5.14. The highest BCUT2D eigenvalue weighted by Gasteiger charge is 2.34. The quantitative estimate of drug-likeness (QED) is 0.734. The van der Waals surface area contributed by atoms with E-state index in [2.05, 4.69) is 31.9 Å². The van der Waals surface area contributed by atoms with Gasteiger partial charge in [0.25, 0.3) is 0 Å². The summed E-state index contributed by atoms with van der Waals surface area (Å²) in [6.45, 7) is 4.47. The molecule has 1 aliphatic rings. The molecule has 3 nitrogen and oxygen atoms in total. The summed E-state index contributed by atoms with van der Waals surface area (Å²) in [5.41, 5.74) is 0. The second kappa shape index (κ2) is 5.84. The highest BCUT2D eigenvalue weighted by molar-refractivity contribution is 9.11. The van der Waals surface area contributed by atoms with E-state index in [-0.39, 0.29) is 6.04 Å². The highest BCUT2D eigenvalue weighted by Crippen LogP contribution is 2.34. The molecule has 1 saturated carbocycles. The first-order chi connectivity index (χ1) is 8.82. The summed E-state index contributed by atoms with van der Waals surface area (Å²) in [4.78, 5) is 0.338. The van der Waals surface area contributed by atoms with E-state index in [1.165, 1.54) is 0 Å². The van der Waals surface area contributed by atoms with Crippen molar-refractivity contribution in [1.29, 1.82) is 0 Å². The third-order valence-electron chi connectivity index (χ3n) is 3.19. The molecule has 106 valence electrons. The molecule has 19 heavy (non-hydrogen) atoms. The third kappa shape index (κ3) is 3.60. The molecule has 0 heterocycles. The molecule has 0 atom stereocenters. The van der Waals surface area contributed by atoms with Gasteiger partial charge in [0.05, 0.1) is 4.90 Å². The van der Waals surface area contributed by atoms with Gasteiger partial charge in [-0.15, -0.1) is 0 Å². The number of sulfonamides is 1. The van der Waals surface area contributed by atoms with Crippen molar-refractivity contribution in [3.05, 3.63) is 27.1 Å². The molecule has 0 aliphatic heterocycles. The molecular weight excluding hydrogens is 394 g/mol. The molecule has 0 spiro atoms. The molecule has 0 radical (unpaired) electrons. The van der Waals surface area contributed by atoms with E-state index in [0.29, 0.717) is 21.8 Å². The average Bonchev–Trinajstić information content (AvgIpc) is 3.08. The van der Waals surface area contributed by atoms with E-state index >= 15 is 0 Å². The van der Waals surface area contributed by atoms with E-state index in [1.54, 1.807) is 22.5 Å². The van der Waals surface area contributed by atoms with Gasteiger partial charge in [-0.05, 0) is 66.7 Å². The van der Waals surface area contributed by atoms with Gasteiger partial charge < -0.3 is 0 Å². The molecule has 0 amide bonds. The van der Waals surface area contributed by atoms with E-state index < -0.39 is 10.0 Å². The van der Waals surface area contributed by atoms with Crippen LogP contribution in [-0.4, -0.2) is 25.3 Å². The molecule has 1 fully saturated rings. The Morgan fingerprint density at radius 1 is 1.32 bits per heavy atom. The molecule has 0 bridgehead atoms. The predicted octanol–water partition coefficient (Wildman–Crippen LogP) is 4.02. The summed E-state index contributed by atoms with van der Waals surface area (Å²) >= 11 is 6.69. The van der Waals surface area contributed by atoms with E-state index in [9.17, 15) is 8.42 Å². The standard InChI is InChI=1S/C13H17Br2NO2S/c1-9(2)16(8-10-3-4-10)19(17,18)13-6-5-11(14)7-12(13)15/h5-7,9-10H,3-4,8H2,1-2H3. The topological polar surface area (TPSA) is 37.4 Å². The van der Waals surface area contributed by atoms with Crippen LogP contribution >= 0.6 is 31.9 Å². The monoisotopic (exact) mass is 409 g/mol. The van der Waals surface area contributed by atoms with Crippen molar-refractivity contribution in [2.45, 2.75) is 37.6 Å². The Labute approximate surface area is 131 Å². The molecule has 0 saturated heterocycles. The van der Waals surface area contributed by atoms with E-state index in [1.807, 2.05) is 13.8 Å². The summed E-state index contributed by atoms with van der Waals surface area (Å²) in [7, 11) is -3.44. The fourth-order valence-electron chi connectivity index (χ4n) is 1.95. The minimum Gasteiger partial charge on any atom is -0.207 e. The first kappa shape index (κ1) is 15.5. The Morgan fingerprint density at radius 3 is 2.42 bits per heavy atom. The minimum atomic E-state index is -3.44. The van der Waals surface area contributed by atoms with Crippen molar-refractivity contribution in [2.24, 2.45) is 5.92 Å². The molecule has 1 aromatic carbocycles. The van der Waals surface area contributed by atoms with Crippen molar-refractivity contribution in [3.8, 4) is 0 Å². The van der Waals surface area contributed by atoms with Gasteiger partial charge in [0, 0.05) is 21.5 Å². The van der Waals surface area contributed by atoms with Crippen LogP contribution in [0.4, 0.5) is 0 Å². The Balaban J connectivity index is 2.37. The lowest BCUT2D eigenvalue weighted by Gasteiger charge is -2.26. The van der Waals surface area contributed by atoms with Gasteiger partial charge in [-0.3, -0.25) is 0 Å². The van der Waals surface area contributed by atoms with Crippen LogP contribution in [0.2, 0.25) is 0 Å². The van der Waals surface area contributed by atoms with Crippen LogP contribution in [0.3, 0.4) is 0 Å². The summed E-state index contributed by atoms with van der Waals surface area (Å²) < 4.78 is 28.6. The van der Waals surface area contributed by atoms with Gasteiger partial charge in [-0.2, -0.15) is 4.31 Å². The molecule has 6 heteroatoms. The van der Waals surface area contributed by atoms with Crippen molar-refractivity contribution in [1.82, 2.24) is 4.31 Å². The van der Waals surface area contributed by atoms with Crippen molar-refractivity contribution in [3.63, 3.8) is 0 Å². The molecular formula is C13H17Br2NO2S. The van der Waals surface area contributed by atoms with Crippen LogP contribution in [0.5, 0.6) is 0 Å². The van der Waals surface area contributed by atoms with Crippen LogP contribution in [0.1, 0.15) is 26.7 Å². The van der Waals surface area contributed by atoms with Gasteiger partial charge in [0.2, 0.25) is 10.0 Å². The fraction of sp³-hybridized carbons (Fsp3) is 0.538. The number of halogens is 2. The second-order valence-corrected chi connectivity index (χ2v) is 8.82. The number of hydrogen-bond acceptors (Lipinski definition) is 2. The Bertz CT molecular complexity index is 568. The summed E-state index contributed by atoms with van der Waals surface area (Å²) in [6.07, 6.45) is 2.28. The molecule has 1 aliphatic carbocycles. The maximum atomic E-state index is 12.7. The Morgan fingerprint density at radius 2 is 1.95 bits per heavy atom. The average molecular weight is 411 g/mol. The molecule has 1 aromatic rings. The van der Waals surface area contributed by atoms with Crippen LogP contribution < -0.4 is 0 Å². The van der Waals surface area contributed by atoms with Crippen LogP contribution in [-0.2, 0) is 10.0 Å². The zero-order valence-corrected chi connectivity index (χ0v) is 14.9. The molecule has 0 unspecified atom stereocenters. The predicted molar refractivity (Wildman–Crippen MR) is 83.6 cm³/mol. The second-order valence-electron chi connectivity index (χ2n) is 5.19. The normalized spacial score (nSPS) is 16.3. The van der Waals surface area contributed by atoms with Crippen molar-refractivity contribution >= 4 is 41.9 Å². The van der Waals surface area contributed by atoms with Gasteiger partial charge in [-0.1, -0.05) is 15.9 Å². The first-order valence-corrected chi connectivity index (χ1v) is 9.32. The van der Waals surface area contributed by atoms with Gasteiger partial charge in [0.1, 0.15) is 0 Å². The lowest BCUT2D eigenvalue weighted by Crippen LogP contribution is -2.38. The largest absolute Gasteiger partial charge is 0.244 e. The van der Waals surface area contributed by atoms with Gasteiger partial charge in [-0.25, -0.2) is 8.42 Å². The maximum Gasteiger partial charge on any atom is 0.244 e. The summed E-state index contributed by atoms with van der Waals surface area (Å²) in [5, 5.41) is 0. The summed E-state index contributed by atoms with van der Waals surface area (Å²) in [5.74, 6) is 0.534. The smallest absolute Gasteiger partial charge is 0.207 e. The van der Waals surface area contributed by atoms with Crippen LogP contribution in [0.25, 0.3) is 0 Å². The van der Waals surface area contributed by atoms with E-state index in [4.69, 9.17) is 0 Å². The number of hydrogen-bond donors (Lipinski definition) is 0. The van der Waals surface area contributed by atoms with E-state index in [0.717, 1.165) is 17.3 Å². The number of rotatable bonds is 5. The maximum absolute atomic E-state index is 12.7. The van der Waals surface area contributed by atoms with Crippen molar-refractivity contribution < 1.29 is 8.42 Å². The molecule has 2 rings (SSSR count). The first-order valence-electron chi connectivity index (χ1n) is 6.29. The number of nitrogens with zero attached hydrogens (tertiary/aromatic N) is 1. The van der Waals surface area contributed by atoms with Crippen molar-refractivity contribution in [2.75, 3.05) is 6.54 Å². The van der Waals surface area contributed by atoms with Gasteiger partial charge in [0.15, 0.2) is 0 Å². The zero-order chi connectivity index (χ0) is 14.2. The van der Waals surface area contributed by atoms with Gasteiger partial charge >= 0.3 is 0 Å². The highest BCUT2D eigenvalue weighted by atomic mass is 79.9. The SMILES string of the molecule is CC(C)N(CC1CC1)S(=O)(=O)c1ccc(Br)cc1Br. The third-order valence-corrected chi connectivity index (χ3v) is 6.70. The Hall–Kier alpha value is 0.0900.